The minimum absolute atomic E-state index is 0.251. The molecule has 0 N–H and O–H groups in total. The van der Waals surface area contributed by atoms with Crippen LogP contribution in [0.3, 0.4) is 0 Å². The second-order valence-electron chi connectivity index (χ2n) is 7.34. The molecular formula is C24H28FNO. The van der Waals surface area contributed by atoms with E-state index in [2.05, 4.69) is 6.58 Å². The van der Waals surface area contributed by atoms with Crippen LogP contribution < -0.4 is 0 Å². The first-order valence-electron chi connectivity index (χ1n) is 9.75. The number of aromatic nitrogens is 1. The molecule has 0 unspecified atom stereocenters. The average molecular weight is 365 g/mol. The number of allylic oxidation sites excluding steroid dienone is 3. The Morgan fingerprint density at radius 1 is 1.15 bits per heavy atom. The Bertz CT molecular complexity index is 817. The first-order valence-corrected chi connectivity index (χ1v) is 9.75. The molecule has 0 atom stereocenters. The van der Waals surface area contributed by atoms with Crippen molar-refractivity contribution in [3.05, 3.63) is 77.6 Å². The summed E-state index contributed by atoms with van der Waals surface area (Å²) in [7, 11) is 1.72. The highest BCUT2D eigenvalue weighted by atomic mass is 19.1. The summed E-state index contributed by atoms with van der Waals surface area (Å²) in [6.45, 7) is 6.29. The number of hydrogen-bond donors (Lipinski definition) is 0. The molecule has 1 aliphatic rings. The van der Waals surface area contributed by atoms with E-state index in [4.69, 9.17) is 9.72 Å². The minimum Gasteiger partial charge on any atom is -0.500 e. The van der Waals surface area contributed by atoms with Crippen molar-refractivity contribution in [1.29, 1.82) is 0 Å². The van der Waals surface area contributed by atoms with E-state index in [9.17, 15) is 4.39 Å². The molecule has 27 heavy (non-hydrogen) atoms. The van der Waals surface area contributed by atoms with Gasteiger partial charge in [0, 0.05) is 17.7 Å². The lowest BCUT2D eigenvalue weighted by Crippen LogP contribution is -2.03. The SMILES string of the molecule is C=C(/C(=C(/CCC1CCCC1)OC)c1cccc(C)n1)c1ccc(F)cc1. The number of ether oxygens (including phenoxy) is 1. The molecule has 2 aromatic rings. The van der Waals surface area contributed by atoms with Crippen LogP contribution in [0.2, 0.25) is 0 Å². The molecule has 1 saturated carbocycles. The summed E-state index contributed by atoms with van der Waals surface area (Å²) in [5.74, 6) is 1.44. The fourth-order valence-corrected chi connectivity index (χ4v) is 3.91. The van der Waals surface area contributed by atoms with Gasteiger partial charge in [-0.05, 0) is 54.7 Å². The zero-order valence-electron chi connectivity index (χ0n) is 16.3. The number of nitrogens with zero attached hydrogens (tertiary/aromatic N) is 1. The molecule has 0 spiro atoms. The molecule has 0 aliphatic heterocycles. The van der Waals surface area contributed by atoms with Gasteiger partial charge in [-0.1, -0.05) is 50.5 Å². The van der Waals surface area contributed by atoms with Crippen molar-refractivity contribution in [2.24, 2.45) is 5.92 Å². The minimum atomic E-state index is -0.251. The lowest BCUT2D eigenvalue weighted by Gasteiger charge is -2.18. The van der Waals surface area contributed by atoms with E-state index in [0.29, 0.717) is 0 Å². The quantitative estimate of drug-likeness (QED) is 0.409. The Kier molecular flexibility index (Phi) is 6.44. The monoisotopic (exact) mass is 365 g/mol. The highest BCUT2D eigenvalue weighted by molar-refractivity contribution is 6.04. The maximum Gasteiger partial charge on any atom is 0.123 e. The second-order valence-corrected chi connectivity index (χ2v) is 7.34. The first kappa shape index (κ1) is 19.3. The molecule has 3 rings (SSSR count). The lowest BCUT2D eigenvalue weighted by molar-refractivity contribution is 0.270. The van der Waals surface area contributed by atoms with Crippen LogP contribution in [0.25, 0.3) is 11.1 Å². The largest absolute Gasteiger partial charge is 0.500 e. The fraction of sp³-hybridized carbons (Fsp3) is 0.375. The molecule has 1 heterocycles. The van der Waals surface area contributed by atoms with Gasteiger partial charge in [-0.25, -0.2) is 4.39 Å². The van der Waals surface area contributed by atoms with Gasteiger partial charge in [0.25, 0.3) is 0 Å². The Morgan fingerprint density at radius 3 is 2.48 bits per heavy atom. The number of pyridine rings is 1. The van der Waals surface area contributed by atoms with Crippen molar-refractivity contribution in [3.63, 3.8) is 0 Å². The van der Waals surface area contributed by atoms with Crippen molar-refractivity contribution in [2.45, 2.75) is 45.4 Å². The number of rotatable bonds is 7. The van der Waals surface area contributed by atoms with Gasteiger partial charge < -0.3 is 4.74 Å². The van der Waals surface area contributed by atoms with Crippen LogP contribution in [-0.4, -0.2) is 12.1 Å². The molecule has 2 nitrogen and oxygen atoms in total. The van der Waals surface area contributed by atoms with Gasteiger partial charge in [-0.2, -0.15) is 0 Å². The van der Waals surface area contributed by atoms with Crippen molar-refractivity contribution in [2.75, 3.05) is 7.11 Å². The van der Waals surface area contributed by atoms with Gasteiger partial charge in [-0.3, -0.25) is 4.98 Å². The third kappa shape index (κ3) is 4.85. The molecular weight excluding hydrogens is 337 g/mol. The standard InChI is InChI=1S/C24H28FNO/c1-17-7-6-10-22(26-17)24(18(2)20-12-14-21(25)15-13-20)23(27-3)16-11-19-8-4-5-9-19/h6-7,10,12-15,19H,2,4-5,8-9,11,16H2,1,3H3/b24-23+. The number of methoxy groups -OCH3 is 1. The molecule has 0 radical (unpaired) electrons. The van der Waals surface area contributed by atoms with Gasteiger partial charge in [0.1, 0.15) is 11.6 Å². The van der Waals surface area contributed by atoms with E-state index in [0.717, 1.165) is 52.6 Å². The summed E-state index contributed by atoms with van der Waals surface area (Å²) in [4.78, 5) is 4.71. The van der Waals surface area contributed by atoms with Crippen LogP contribution >= 0.6 is 0 Å². The van der Waals surface area contributed by atoms with Crippen LogP contribution in [0.1, 0.15) is 55.5 Å². The lowest BCUT2D eigenvalue weighted by atomic mass is 9.92. The maximum atomic E-state index is 13.4. The summed E-state index contributed by atoms with van der Waals surface area (Å²) in [5.41, 5.74) is 4.42. The number of aryl methyl sites for hydroxylation is 1. The van der Waals surface area contributed by atoms with E-state index in [1.54, 1.807) is 19.2 Å². The third-order valence-corrected chi connectivity index (χ3v) is 5.42. The summed E-state index contributed by atoms with van der Waals surface area (Å²) in [5, 5.41) is 0. The molecule has 0 saturated heterocycles. The van der Waals surface area contributed by atoms with Gasteiger partial charge in [0.05, 0.1) is 12.8 Å². The van der Waals surface area contributed by atoms with Crippen LogP contribution in [0.15, 0.2) is 54.8 Å². The summed E-state index contributed by atoms with van der Waals surface area (Å²) in [6.07, 6.45) is 7.29. The Balaban J connectivity index is 1.98. The van der Waals surface area contributed by atoms with Crippen LogP contribution in [-0.2, 0) is 4.74 Å². The van der Waals surface area contributed by atoms with E-state index < -0.39 is 0 Å². The molecule has 0 bridgehead atoms. The van der Waals surface area contributed by atoms with E-state index in [-0.39, 0.29) is 5.82 Å². The third-order valence-electron chi connectivity index (χ3n) is 5.42. The predicted molar refractivity (Wildman–Crippen MR) is 110 cm³/mol. The molecule has 1 aliphatic carbocycles. The fourth-order valence-electron chi connectivity index (χ4n) is 3.91. The van der Waals surface area contributed by atoms with E-state index in [1.807, 2.05) is 25.1 Å². The average Bonchev–Trinajstić information content (AvgIpc) is 3.19. The number of benzene rings is 1. The van der Waals surface area contributed by atoms with E-state index >= 15 is 0 Å². The van der Waals surface area contributed by atoms with Crippen molar-refractivity contribution in [3.8, 4) is 0 Å². The number of halogens is 1. The predicted octanol–water partition coefficient (Wildman–Crippen LogP) is 6.57. The molecule has 0 amide bonds. The molecule has 1 fully saturated rings. The zero-order valence-corrected chi connectivity index (χ0v) is 16.3. The molecule has 1 aromatic heterocycles. The topological polar surface area (TPSA) is 22.1 Å². The zero-order chi connectivity index (χ0) is 19.2. The van der Waals surface area contributed by atoms with Crippen LogP contribution in [0.5, 0.6) is 0 Å². The number of hydrogen-bond acceptors (Lipinski definition) is 2. The second kappa shape index (κ2) is 8.98. The maximum absolute atomic E-state index is 13.4. The van der Waals surface area contributed by atoms with Crippen molar-refractivity contribution >= 4 is 11.1 Å². The van der Waals surface area contributed by atoms with Crippen molar-refractivity contribution < 1.29 is 9.13 Å². The van der Waals surface area contributed by atoms with Crippen LogP contribution in [0.4, 0.5) is 4.39 Å². The van der Waals surface area contributed by atoms with Crippen molar-refractivity contribution in [1.82, 2.24) is 4.98 Å². The smallest absolute Gasteiger partial charge is 0.123 e. The van der Waals surface area contributed by atoms with E-state index in [1.165, 1.54) is 37.8 Å². The Hall–Kier alpha value is -2.42. The molecule has 142 valence electrons. The molecule has 1 aromatic carbocycles. The summed E-state index contributed by atoms with van der Waals surface area (Å²) < 4.78 is 19.2. The normalized spacial score (nSPS) is 15.5. The van der Waals surface area contributed by atoms with Gasteiger partial charge in [-0.15, -0.1) is 0 Å². The van der Waals surface area contributed by atoms with Crippen LogP contribution in [0, 0.1) is 18.7 Å². The van der Waals surface area contributed by atoms with Gasteiger partial charge in [0.15, 0.2) is 0 Å². The highest BCUT2D eigenvalue weighted by Gasteiger charge is 2.20. The summed E-state index contributed by atoms with van der Waals surface area (Å²) >= 11 is 0. The summed E-state index contributed by atoms with van der Waals surface area (Å²) in [6, 6.07) is 12.4. The highest BCUT2D eigenvalue weighted by Crippen LogP contribution is 2.36. The van der Waals surface area contributed by atoms with Gasteiger partial charge in [0.2, 0.25) is 0 Å². The van der Waals surface area contributed by atoms with Gasteiger partial charge >= 0.3 is 0 Å². The Labute approximate surface area is 161 Å². The molecule has 3 heteroatoms. The Morgan fingerprint density at radius 2 is 1.85 bits per heavy atom. The first-order chi connectivity index (χ1) is 13.1.